The summed E-state index contributed by atoms with van der Waals surface area (Å²) in [6, 6.07) is 7.16. The highest BCUT2D eigenvalue weighted by molar-refractivity contribution is 5.94. The number of ether oxygens (including phenoxy) is 1. The molecular formula is C13H17NO3. The Morgan fingerprint density at radius 2 is 2.41 bits per heavy atom. The lowest BCUT2D eigenvalue weighted by Gasteiger charge is -2.16. The molecule has 1 amide bonds. The quantitative estimate of drug-likeness (QED) is 0.855. The molecule has 1 atom stereocenters. The van der Waals surface area contributed by atoms with Gasteiger partial charge in [0.25, 0.3) is 5.91 Å². The number of carbonyl (C=O) groups is 1. The average Bonchev–Trinajstić information content (AvgIpc) is 2.86. The van der Waals surface area contributed by atoms with Gasteiger partial charge in [0, 0.05) is 31.2 Å². The molecule has 4 nitrogen and oxygen atoms in total. The van der Waals surface area contributed by atoms with E-state index < -0.39 is 0 Å². The fourth-order valence-corrected chi connectivity index (χ4v) is 2.10. The van der Waals surface area contributed by atoms with Crippen molar-refractivity contribution in [1.82, 2.24) is 4.90 Å². The fourth-order valence-electron chi connectivity index (χ4n) is 2.10. The molecule has 1 N–H and O–H groups in total. The minimum Gasteiger partial charge on any atom is -0.497 e. The molecule has 1 heterocycles. The van der Waals surface area contributed by atoms with Gasteiger partial charge in [-0.25, -0.2) is 0 Å². The number of hydrogen-bond acceptors (Lipinski definition) is 3. The van der Waals surface area contributed by atoms with Gasteiger partial charge in [0.15, 0.2) is 0 Å². The number of carbonyl (C=O) groups excluding carboxylic acids is 1. The van der Waals surface area contributed by atoms with Crippen molar-refractivity contribution in [2.45, 2.75) is 6.42 Å². The van der Waals surface area contributed by atoms with Crippen molar-refractivity contribution in [3.05, 3.63) is 29.8 Å². The summed E-state index contributed by atoms with van der Waals surface area (Å²) in [6.07, 6.45) is 0.881. The number of methoxy groups -OCH3 is 1. The Labute approximate surface area is 101 Å². The molecule has 0 bridgehead atoms. The summed E-state index contributed by atoms with van der Waals surface area (Å²) in [4.78, 5) is 14.0. The second kappa shape index (κ2) is 5.19. The molecule has 0 aromatic heterocycles. The van der Waals surface area contributed by atoms with E-state index in [-0.39, 0.29) is 18.4 Å². The lowest BCUT2D eigenvalue weighted by Crippen LogP contribution is -2.29. The molecular weight excluding hydrogens is 218 g/mol. The van der Waals surface area contributed by atoms with Crippen LogP contribution in [0.25, 0.3) is 0 Å². The van der Waals surface area contributed by atoms with Crippen molar-refractivity contribution in [3.63, 3.8) is 0 Å². The maximum Gasteiger partial charge on any atom is 0.253 e. The third-order valence-corrected chi connectivity index (χ3v) is 3.15. The van der Waals surface area contributed by atoms with Crippen LogP contribution in [0.1, 0.15) is 16.8 Å². The van der Waals surface area contributed by atoms with Gasteiger partial charge in [0.2, 0.25) is 0 Å². The number of aliphatic hydroxyl groups is 1. The Bertz CT molecular complexity index is 405. The SMILES string of the molecule is COc1cccc(C(=O)N2CC[C@@H](CO)C2)c1. The number of amides is 1. The van der Waals surface area contributed by atoms with E-state index in [0.717, 1.165) is 13.0 Å². The molecule has 1 fully saturated rings. The van der Waals surface area contributed by atoms with E-state index in [0.29, 0.717) is 17.9 Å². The van der Waals surface area contributed by atoms with Crippen LogP contribution >= 0.6 is 0 Å². The van der Waals surface area contributed by atoms with Gasteiger partial charge in [-0.3, -0.25) is 4.79 Å². The van der Waals surface area contributed by atoms with E-state index >= 15 is 0 Å². The molecule has 17 heavy (non-hydrogen) atoms. The molecule has 1 aliphatic rings. The Morgan fingerprint density at radius 1 is 1.59 bits per heavy atom. The molecule has 2 rings (SSSR count). The van der Waals surface area contributed by atoms with Crippen LogP contribution < -0.4 is 4.74 Å². The Kier molecular flexibility index (Phi) is 3.64. The number of nitrogens with zero attached hydrogens (tertiary/aromatic N) is 1. The number of benzene rings is 1. The highest BCUT2D eigenvalue weighted by atomic mass is 16.5. The van der Waals surface area contributed by atoms with Gasteiger partial charge in [0.1, 0.15) is 5.75 Å². The zero-order chi connectivity index (χ0) is 12.3. The summed E-state index contributed by atoms with van der Waals surface area (Å²) in [5.41, 5.74) is 0.642. The van der Waals surface area contributed by atoms with Crippen molar-refractivity contribution in [2.24, 2.45) is 5.92 Å². The van der Waals surface area contributed by atoms with E-state index in [9.17, 15) is 4.79 Å². The van der Waals surface area contributed by atoms with Gasteiger partial charge in [-0.1, -0.05) is 6.07 Å². The third-order valence-electron chi connectivity index (χ3n) is 3.15. The van der Waals surface area contributed by atoms with Crippen LogP contribution in [0.15, 0.2) is 24.3 Å². The van der Waals surface area contributed by atoms with Crippen LogP contribution in [0.4, 0.5) is 0 Å². The summed E-state index contributed by atoms with van der Waals surface area (Å²) in [7, 11) is 1.58. The van der Waals surface area contributed by atoms with E-state index in [1.54, 1.807) is 24.1 Å². The molecule has 1 aliphatic heterocycles. The normalized spacial score (nSPS) is 19.4. The topological polar surface area (TPSA) is 49.8 Å². The Morgan fingerprint density at radius 3 is 3.06 bits per heavy atom. The molecule has 0 spiro atoms. The second-order valence-corrected chi connectivity index (χ2v) is 4.32. The molecule has 4 heteroatoms. The molecule has 0 aliphatic carbocycles. The van der Waals surface area contributed by atoms with Crippen molar-refractivity contribution in [1.29, 1.82) is 0 Å². The number of hydrogen-bond donors (Lipinski definition) is 1. The van der Waals surface area contributed by atoms with Gasteiger partial charge in [0.05, 0.1) is 7.11 Å². The van der Waals surface area contributed by atoms with Crippen LogP contribution in [-0.2, 0) is 0 Å². The highest BCUT2D eigenvalue weighted by Crippen LogP contribution is 2.20. The first-order valence-corrected chi connectivity index (χ1v) is 5.78. The van der Waals surface area contributed by atoms with Gasteiger partial charge >= 0.3 is 0 Å². The predicted octanol–water partition coefficient (Wildman–Crippen LogP) is 1.15. The summed E-state index contributed by atoms with van der Waals surface area (Å²) < 4.78 is 5.10. The first kappa shape index (κ1) is 11.9. The van der Waals surface area contributed by atoms with Gasteiger partial charge in [-0.2, -0.15) is 0 Å². The molecule has 0 unspecified atom stereocenters. The van der Waals surface area contributed by atoms with Crippen molar-refractivity contribution in [2.75, 3.05) is 26.8 Å². The molecule has 92 valence electrons. The monoisotopic (exact) mass is 235 g/mol. The Balaban J connectivity index is 2.09. The standard InChI is InChI=1S/C13H17NO3/c1-17-12-4-2-3-11(7-12)13(16)14-6-5-10(8-14)9-15/h2-4,7,10,15H,5-6,8-9H2,1H3/t10-/m1/s1. The van der Waals surface area contributed by atoms with Crippen LogP contribution in [0.5, 0.6) is 5.75 Å². The van der Waals surface area contributed by atoms with Gasteiger partial charge in [-0.05, 0) is 24.6 Å². The molecule has 0 radical (unpaired) electrons. The fraction of sp³-hybridized carbons (Fsp3) is 0.462. The van der Waals surface area contributed by atoms with E-state index in [1.165, 1.54) is 0 Å². The summed E-state index contributed by atoms with van der Waals surface area (Å²) in [6.45, 7) is 1.52. The molecule has 0 saturated carbocycles. The zero-order valence-corrected chi connectivity index (χ0v) is 9.93. The second-order valence-electron chi connectivity index (χ2n) is 4.32. The largest absolute Gasteiger partial charge is 0.497 e. The smallest absolute Gasteiger partial charge is 0.253 e. The van der Waals surface area contributed by atoms with Crippen LogP contribution in [0.3, 0.4) is 0 Å². The zero-order valence-electron chi connectivity index (χ0n) is 9.93. The summed E-state index contributed by atoms with van der Waals surface area (Å²) >= 11 is 0. The highest BCUT2D eigenvalue weighted by Gasteiger charge is 2.26. The minimum absolute atomic E-state index is 0.0138. The third kappa shape index (κ3) is 2.58. The first-order chi connectivity index (χ1) is 8.24. The van der Waals surface area contributed by atoms with E-state index in [1.807, 2.05) is 12.1 Å². The predicted molar refractivity (Wildman–Crippen MR) is 64.1 cm³/mol. The minimum atomic E-state index is 0.0138. The average molecular weight is 235 g/mol. The van der Waals surface area contributed by atoms with Gasteiger partial charge in [-0.15, -0.1) is 0 Å². The lowest BCUT2D eigenvalue weighted by molar-refractivity contribution is 0.0781. The number of aliphatic hydroxyl groups excluding tert-OH is 1. The van der Waals surface area contributed by atoms with E-state index in [2.05, 4.69) is 0 Å². The molecule has 1 aromatic carbocycles. The summed E-state index contributed by atoms with van der Waals surface area (Å²) in [5, 5.41) is 9.06. The van der Waals surface area contributed by atoms with Crippen molar-refractivity contribution >= 4 is 5.91 Å². The van der Waals surface area contributed by atoms with Crippen LogP contribution in [0.2, 0.25) is 0 Å². The lowest BCUT2D eigenvalue weighted by atomic mass is 10.1. The summed E-state index contributed by atoms with van der Waals surface area (Å²) in [5.74, 6) is 0.929. The Hall–Kier alpha value is -1.55. The van der Waals surface area contributed by atoms with Gasteiger partial charge < -0.3 is 14.7 Å². The maximum absolute atomic E-state index is 12.2. The molecule has 1 aromatic rings. The van der Waals surface area contributed by atoms with Crippen molar-refractivity contribution < 1.29 is 14.6 Å². The van der Waals surface area contributed by atoms with Crippen LogP contribution in [-0.4, -0.2) is 42.7 Å². The number of rotatable bonds is 3. The van der Waals surface area contributed by atoms with Crippen molar-refractivity contribution in [3.8, 4) is 5.75 Å². The number of likely N-dealkylation sites (tertiary alicyclic amines) is 1. The molecule has 1 saturated heterocycles. The first-order valence-electron chi connectivity index (χ1n) is 5.78. The van der Waals surface area contributed by atoms with Crippen LogP contribution in [0, 0.1) is 5.92 Å². The maximum atomic E-state index is 12.2. The van der Waals surface area contributed by atoms with E-state index in [4.69, 9.17) is 9.84 Å².